The largest absolute Gasteiger partial charge is 1.00 e. The fraction of sp³-hybridized carbons (Fsp3) is 0.500. The minimum absolute atomic E-state index is 0. The number of aliphatic carboxylic acids is 1. The number of carbonyl (C=O) groups is 2. The molecule has 0 rings (SSSR count). The van der Waals surface area contributed by atoms with Crippen molar-refractivity contribution < 1.29 is 57.4 Å². The van der Waals surface area contributed by atoms with Crippen LogP contribution in [-0.2, 0) is 9.59 Å². The maximum atomic E-state index is 11.3. The fourth-order valence-corrected chi connectivity index (χ4v) is 0.253. The normalized spacial score (nSPS) is 9.92. The average molecular weight is 193 g/mol. The van der Waals surface area contributed by atoms with E-state index in [9.17, 15) is 27.9 Å². The molecule has 8 heteroatoms. The molecule has 0 aliphatic heterocycles. The third kappa shape index (κ3) is 7.83. The summed E-state index contributed by atoms with van der Waals surface area (Å²) in [6.45, 7) is -1.67. The van der Waals surface area contributed by atoms with Crippen LogP contribution in [0.15, 0.2) is 0 Å². The molecule has 64 valence electrons. The van der Waals surface area contributed by atoms with Gasteiger partial charge in [-0.2, -0.15) is 13.2 Å². The first kappa shape index (κ1) is 14.3. The number of halogens is 3. The molecular formula is C4H3F3NNaO3. The van der Waals surface area contributed by atoms with E-state index in [4.69, 9.17) is 0 Å². The van der Waals surface area contributed by atoms with Gasteiger partial charge in [-0.1, -0.05) is 0 Å². The van der Waals surface area contributed by atoms with Crippen LogP contribution in [0.5, 0.6) is 0 Å². The summed E-state index contributed by atoms with van der Waals surface area (Å²) in [6.07, 6.45) is -4.61. The van der Waals surface area contributed by atoms with Crippen molar-refractivity contribution in [2.24, 2.45) is 0 Å². The number of amides is 1. The first-order valence-corrected chi connectivity index (χ1v) is 2.39. The van der Waals surface area contributed by atoms with E-state index in [1.165, 1.54) is 0 Å². The van der Waals surface area contributed by atoms with Crippen LogP contribution in [0.25, 0.3) is 0 Å². The maximum Gasteiger partial charge on any atom is 1.00 e. The molecule has 0 aromatic rings. The van der Waals surface area contributed by atoms with Gasteiger partial charge in [-0.25, -0.2) is 0 Å². The van der Waals surface area contributed by atoms with Crippen molar-refractivity contribution in [2.75, 3.05) is 6.54 Å². The van der Waals surface area contributed by atoms with Crippen LogP contribution in [-0.4, -0.2) is 24.6 Å². The van der Waals surface area contributed by atoms with Crippen molar-refractivity contribution in [3.05, 3.63) is 0 Å². The molecule has 0 fully saturated rings. The standard InChI is InChI=1S/C4H4F3NO3.Na/c5-4(6,7)1-8-2(9)3(10)11;/h1H2,(H,8,9)(H,10,11);/q;+1/p-1. The topological polar surface area (TPSA) is 69.2 Å². The van der Waals surface area contributed by atoms with Gasteiger partial charge in [0.2, 0.25) is 0 Å². The molecule has 0 saturated carbocycles. The van der Waals surface area contributed by atoms with Gasteiger partial charge in [-0.3, -0.25) is 4.79 Å². The Hall–Kier alpha value is -0.270. The van der Waals surface area contributed by atoms with Gasteiger partial charge in [0, 0.05) is 0 Å². The summed E-state index contributed by atoms with van der Waals surface area (Å²) in [4.78, 5) is 19.4. The van der Waals surface area contributed by atoms with Gasteiger partial charge >= 0.3 is 35.7 Å². The summed E-state index contributed by atoms with van der Waals surface area (Å²) in [7, 11) is 0. The Labute approximate surface area is 87.4 Å². The summed E-state index contributed by atoms with van der Waals surface area (Å²) < 4.78 is 33.8. The molecule has 1 amide bonds. The Bertz CT molecular complexity index is 181. The molecule has 1 N–H and O–H groups in total. The molecule has 0 aliphatic rings. The molecule has 0 radical (unpaired) electrons. The number of alkyl halides is 3. The van der Waals surface area contributed by atoms with E-state index in [-0.39, 0.29) is 29.6 Å². The number of hydrogen-bond donors (Lipinski definition) is 1. The molecule has 4 nitrogen and oxygen atoms in total. The van der Waals surface area contributed by atoms with Crippen molar-refractivity contribution >= 4 is 11.9 Å². The molecule has 0 unspecified atom stereocenters. The molecule has 0 aromatic heterocycles. The SMILES string of the molecule is O=C([O-])C(=O)NCC(F)(F)F.[Na+]. The smallest absolute Gasteiger partial charge is 0.540 e. The van der Waals surface area contributed by atoms with Crippen molar-refractivity contribution in [1.29, 1.82) is 0 Å². The maximum absolute atomic E-state index is 11.3. The average Bonchev–Trinajstić information content (AvgIpc) is 1.80. The van der Waals surface area contributed by atoms with E-state index in [1.54, 1.807) is 0 Å². The predicted molar refractivity (Wildman–Crippen MR) is 24.1 cm³/mol. The van der Waals surface area contributed by atoms with Crippen molar-refractivity contribution in [3.8, 4) is 0 Å². The number of carboxylic acid groups (broad SMARTS) is 1. The van der Waals surface area contributed by atoms with Gasteiger partial charge in [0.15, 0.2) is 0 Å². The second-order valence-corrected chi connectivity index (χ2v) is 1.59. The Morgan fingerprint density at radius 1 is 1.33 bits per heavy atom. The van der Waals surface area contributed by atoms with Crippen LogP contribution >= 0.6 is 0 Å². The molecule has 0 saturated heterocycles. The minimum Gasteiger partial charge on any atom is -0.540 e. The Kier molecular flexibility index (Phi) is 6.41. The number of nitrogens with one attached hydrogen (secondary N) is 1. The van der Waals surface area contributed by atoms with Gasteiger partial charge in [-0.05, 0) is 0 Å². The van der Waals surface area contributed by atoms with Crippen LogP contribution in [0, 0.1) is 0 Å². The Balaban J connectivity index is 0. The number of carbonyl (C=O) groups excluding carboxylic acids is 2. The van der Waals surface area contributed by atoms with Crippen LogP contribution in [0.4, 0.5) is 13.2 Å². The summed E-state index contributed by atoms with van der Waals surface area (Å²) in [6, 6.07) is 0. The van der Waals surface area contributed by atoms with Crippen LogP contribution in [0.3, 0.4) is 0 Å². The van der Waals surface area contributed by atoms with Crippen LogP contribution < -0.4 is 40.0 Å². The second-order valence-electron chi connectivity index (χ2n) is 1.59. The minimum atomic E-state index is -4.61. The summed E-state index contributed by atoms with van der Waals surface area (Å²) in [5.74, 6) is -3.96. The third-order valence-corrected chi connectivity index (χ3v) is 0.635. The van der Waals surface area contributed by atoms with E-state index < -0.39 is 24.6 Å². The molecule has 0 atom stereocenters. The van der Waals surface area contributed by atoms with Gasteiger partial charge in [0.25, 0.3) is 5.91 Å². The van der Waals surface area contributed by atoms with E-state index in [0.29, 0.717) is 0 Å². The predicted octanol–water partition coefficient (Wildman–Crippen LogP) is -4.58. The van der Waals surface area contributed by atoms with E-state index in [2.05, 4.69) is 0 Å². The molecule has 0 heterocycles. The molecule has 12 heavy (non-hydrogen) atoms. The molecule has 0 aliphatic carbocycles. The zero-order chi connectivity index (χ0) is 9.07. The molecule has 0 aromatic carbocycles. The third-order valence-electron chi connectivity index (χ3n) is 0.635. The summed E-state index contributed by atoms with van der Waals surface area (Å²) in [5.41, 5.74) is 0. The Morgan fingerprint density at radius 3 is 2.00 bits per heavy atom. The van der Waals surface area contributed by atoms with Gasteiger partial charge in [-0.15, -0.1) is 0 Å². The van der Waals surface area contributed by atoms with Gasteiger partial charge < -0.3 is 15.2 Å². The van der Waals surface area contributed by atoms with E-state index in [1.807, 2.05) is 0 Å². The van der Waals surface area contributed by atoms with E-state index >= 15 is 0 Å². The van der Waals surface area contributed by atoms with Crippen LogP contribution in [0.2, 0.25) is 0 Å². The first-order valence-electron chi connectivity index (χ1n) is 2.39. The van der Waals surface area contributed by atoms with E-state index in [0.717, 1.165) is 5.32 Å². The molecule has 0 bridgehead atoms. The van der Waals surface area contributed by atoms with Crippen molar-refractivity contribution in [1.82, 2.24) is 5.32 Å². The molecule has 0 spiro atoms. The summed E-state index contributed by atoms with van der Waals surface area (Å²) in [5, 5.41) is 10.6. The summed E-state index contributed by atoms with van der Waals surface area (Å²) >= 11 is 0. The quantitative estimate of drug-likeness (QED) is 0.336. The zero-order valence-electron chi connectivity index (χ0n) is 6.07. The Morgan fingerprint density at radius 2 is 1.75 bits per heavy atom. The van der Waals surface area contributed by atoms with Crippen LogP contribution in [0.1, 0.15) is 0 Å². The number of hydrogen-bond acceptors (Lipinski definition) is 3. The molecular weight excluding hydrogens is 190 g/mol. The second kappa shape index (κ2) is 5.39. The van der Waals surface area contributed by atoms with Gasteiger partial charge in [0.05, 0.1) is 0 Å². The number of rotatable bonds is 1. The van der Waals surface area contributed by atoms with Gasteiger partial charge in [0.1, 0.15) is 12.5 Å². The monoisotopic (exact) mass is 193 g/mol. The van der Waals surface area contributed by atoms with Crippen molar-refractivity contribution in [2.45, 2.75) is 6.18 Å². The van der Waals surface area contributed by atoms with Crippen molar-refractivity contribution in [3.63, 3.8) is 0 Å². The zero-order valence-corrected chi connectivity index (χ0v) is 8.07. The first-order chi connectivity index (χ1) is 4.83. The fourth-order valence-electron chi connectivity index (χ4n) is 0.253. The number of carboxylic acids is 1.